The Balaban J connectivity index is 1.42. The van der Waals surface area contributed by atoms with Crippen LogP contribution < -0.4 is 5.32 Å². The molecule has 3 rings (SSSR count). The molecule has 0 bridgehead atoms. The summed E-state index contributed by atoms with van der Waals surface area (Å²) in [5.41, 5.74) is 3.65. The first kappa shape index (κ1) is 17.8. The molecular formula is C20H24FN3S. The van der Waals surface area contributed by atoms with Crippen LogP contribution in [0.4, 0.5) is 4.39 Å². The number of aryl methyl sites for hydroxylation is 1. The molecule has 0 atom stereocenters. The summed E-state index contributed by atoms with van der Waals surface area (Å²) in [7, 11) is 0. The highest BCUT2D eigenvalue weighted by atomic mass is 32.1. The van der Waals surface area contributed by atoms with E-state index in [0.717, 1.165) is 49.9 Å². The van der Waals surface area contributed by atoms with Crippen LogP contribution in [0.3, 0.4) is 0 Å². The van der Waals surface area contributed by atoms with E-state index in [1.54, 1.807) is 0 Å². The molecule has 0 unspecified atom stereocenters. The van der Waals surface area contributed by atoms with Crippen LogP contribution in [0.5, 0.6) is 0 Å². The van der Waals surface area contributed by atoms with Crippen molar-refractivity contribution in [1.29, 1.82) is 0 Å². The molecule has 25 heavy (non-hydrogen) atoms. The zero-order chi connectivity index (χ0) is 17.6. The van der Waals surface area contributed by atoms with Gasteiger partial charge < -0.3 is 10.2 Å². The molecule has 0 aliphatic carbocycles. The first-order valence-electron chi connectivity index (χ1n) is 8.65. The molecule has 1 saturated heterocycles. The number of nitrogens with one attached hydrogen (secondary N) is 1. The average molecular weight is 357 g/mol. The minimum Gasteiger partial charge on any atom is -0.358 e. The summed E-state index contributed by atoms with van der Waals surface area (Å²) in [5.74, 6) is -0.182. The zero-order valence-electron chi connectivity index (χ0n) is 14.5. The van der Waals surface area contributed by atoms with Crippen molar-refractivity contribution in [2.24, 2.45) is 0 Å². The van der Waals surface area contributed by atoms with Crippen molar-refractivity contribution in [2.45, 2.75) is 20.0 Å². The van der Waals surface area contributed by atoms with E-state index in [1.165, 1.54) is 23.3 Å². The van der Waals surface area contributed by atoms with Gasteiger partial charge in [0.25, 0.3) is 0 Å². The van der Waals surface area contributed by atoms with E-state index >= 15 is 0 Å². The molecule has 1 N–H and O–H groups in total. The third-order valence-corrected chi connectivity index (χ3v) is 4.95. The lowest BCUT2D eigenvalue weighted by molar-refractivity contribution is 0.174. The number of halogens is 1. The number of nitrogens with zero attached hydrogens (tertiary/aromatic N) is 2. The van der Waals surface area contributed by atoms with Gasteiger partial charge in [0.1, 0.15) is 5.82 Å². The molecule has 1 aliphatic heterocycles. The van der Waals surface area contributed by atoms with E-state index in [4.69, 9.17) is 12.2 Å². The van der Waals surface area contributed by atoms with Gasteiger partial charge in [-0.25, -0.2) is 4.39 Å². The summed E-state index contributed by atoms with van der Waals surface area (Å²) in [6.07, 6.45) is 0. The Morgan fingerprint density at radius 2 is 1.56 bits per heavy atom. The Hall–Kier alpha value is -1.98. The molecule has 2 aromatic rings. The minimum atomic E-state index is -0.182. The first-order valence-corrected chi connectivity index (χ1v) is 9.06. The molecule has 0 aromatic heterocycles. The fourth-order valence-corrected chi connectivity index (χ4v) is 3.21. The highest BCUT2D eigenvalue weighted by Gasteiger charge is 2.18. The van der Waals surface area contributed by atoms with Crippen LogP contribution in [-0.2, 0) is 13.1 Å². The Morgan fingerprint density at radius 1 is 0.960 bits per heavy atom. The molecule has 1 fully saturated rings. The molecule has 3 nitrogen and oxygen atoms in total. The number of thiocarbonyl (C=S) groups is 1. The molecule has 1 aliphatic rings. The summed E-state index contributed by atoms with van der Waals surface area (Å²) in [4.78, 5) is 4.61. The zero-order valence-corrected chi connectivity index (χ0v) is 15.4. The molecule has 132 valence electrons. The van der Waals surface area contributed by atoms with Crippen molar-refractivity contribution in [3.05, 3.63) is 71.0 Å². The van der Waals surface area contributed by atoms with Gasteiger partial charge in [-0.2, -0.15) is 0 Å². The molecule has 0 spiro atoms. The number of hydrogen-bond acceptors (Lipinski definition) is 2. The van der Waals surface area contributed by atoms with Crippen LogP contribution in [0.25, 0.3) is 0 Å². The summed E-state index contributed by atoms with van der Waals surface area (Å²) < 4.78 is 13.0. The maximum Gasteiger partial charge on any atom is 0.169 e. The highest BCUT2D eigenvalue weighted by molar-refractivity contribution is 7.80. The fraction of sp³-hybridized carbons (Fsp3) is 0.350. The van der Waals surface area contributed by atoms with Gasteiger partial charge >= 0.3 is 0 Å². The second kappa shape index (κ2) is 8.41. The second-order valence-corrected chi connectivity index (χ2v) is 6.92. The lowest BCUT2D eigenvalue weighted by atomic mass is 10.1. The van der Waals surface area contributed by atoms with Gasteiger partial charge in [-0.1, -0.05) is 42.0 Å². The largest absolute Gasteiger partial charge is 0.358 e. The Kier molecular flexibility index (Phi) is 6.00. The van der Waals surface area contributed by atoms with Gasteiger partial charge in [0.05, 0.1) is 0 Å². The van der Waals surface area contributed by atoms with E-state index < -0.39 is 0 Å². The van der Waals surface area contributed by atoms with Crippen molar-refractivity contribution in [3.8, 4) is 0 Å². The Morgan fingerprint density at radius 3 is 2.20 bits per heavy atom. The third-order valence-electron chi connectivity index (χ3n) is 4.54. The Labute approximate surface area is 154 Å². The predicted octanol–water partition coefficient (Wildman–Crippen LogP) is 3.33. The molecule has 0 radical (unpaired) electrons. The van der Waals surface area contributed by atoms with Crippen molar-refractivity contribution >= 4 is 17.3 Å². The van der Waals surface area contributed by atoms with E-state index in [9.17, 15) is 4.39 Å². The monoisotopic (exact) mass is 357 g/mol. The first-order chi connectivity index (χ1) is 12.1. The van der Waals surface area contributed by atoms with Crippen molar-refractivity contribution in [2.75, 3.05) is 26.2 Å². The van der Waals surface area contributed by atoms with E-state index in [-0.39, 0.29) is 5.82 Å². The van der Waals surface area contributed by atoms with E-state index in [2.05, 4.69) is 46.3 Å². The van der Waals surface area contributed by atoms with Gasteiger partial charge in [-0.3, -0.25) is 4.90 Å². The molecule has 5 heteroatoms. The van der Waals surface area contributed by atoms with Crippen molar-refractivity contribution in [1.82, 2.24) is 15.1 Å². The van der Waals surface area contributed by atoms with Crippen LogP contribution in [0.2, 0.25) is 0 Å². The van der Waals surface area contributed by atoms with Gasteiger partial charge in [0.15, 0.2) is 5.11 Å². The minimum absolute atomic E-state index is 0.182. The lowest BCUT2D eigenvalue weighted by Gasteiger charge is -2.36. The quantitative estimate of drug-likeness (QED) is 0.846. The molecular weight excluding hydrogens is 333 g/mol. The van der Waals surface area contributed by atoms with Gasteiger partial charge in [-0.05, 0) is 42.4 Å². The van der Waals surface area contributed by atoms with E-state index in [1.807, 2.05) is 12.1 Å². The summed E-state index contributed by atoms with van der Waals surface area (Å²) >= 11 is 5.54. The summed E-state index contributed by atoms with van der Waals surface area (Å²) in [6.45, 7) is 7.47. The number of piperazine rings is 1. The van der Waals surface area contributed by atoms with Crippen LogP contribution in [-0.4, -0.2) is 41.1 Å². The van der Waals surface area contributed by atoms with Crippen molar-refractivity contribution < 1.29 is 4.39 Å². The molecule has 0 amide bonds. The summed E-state index contributed by atoms with van der Waals surface area (Å²) in [6, 6.07) is 15.3. The summed E-state index contributed by atoms with van der Waals surface area (Å²) in [5, 5.41) is 4.18. The molecule has 2 aromatic carbocycles. The SMILES string of the molecule is Cc1ccc(CNC(=S)N2CCN(Cc3ccc(F)cc3)CC2)cc1. The molecule has 1 heterocycles. The third kappa shape index (κ3) is 5.25. The number of benzene rings is 2. The van der Waals surface area contributed by atoms with Crippen LogP contribution in [0.15, 0.2) is 48.5 Å². The standard InChI is InChI=1S/C20H24FN3S/c1-16-2-4-17(5-3-16)14-22-20(25)24-12-10-23(11-13-24)15-18-6-8-19(21)9-7-18/h2-9H,10-15H2,1H3,(H,22,25). The van der Waals surface area contributed by atoms with Gasteiger partial charge in [-0.15, -0.1) is 0 Å². The Bertz CT molecular complexity index is 692. The van der Waals surface area contributed by atoms with Crippen LogP contribution >= 0.6 is 12.2 Å². The fourth-order valence-electron chi connectivity index (χ4n) is 2.95. The van der Waals surface area contributed by atoms with Crippen LogP contribution in [0.1, 0.15) is 16.7 Å². The smallest absolute Gasteiger partial charge is 0.169 e. The topological polar surface area (TPSA) is 18.5 Å². The van der Waals surface area contributed by atoms with Gasteiger partial charge in [0.2, 0.25) is 0 Å². The normalized spacial score (nSPS) is 15.2. The lowest BCUT2D eigenvalue weighted by Crippen LogP contribution is -2.51. The number of hydrogen-bond donors (Lipinski definition) is 1. The average Bonchev–Trinajstić information content (AvgIpc) is 2.63. The predicted molar refractivity (Wildman–Crippen MR) is 104 cm³/mol. The second-order valence-electron chi connectivity index (χ2n) is 6.53. The van der Waals surface area contributed by atoms with Crippen LogP contribution in [0, 0.1) is 12.7 Å². The maximum absolute atomic E-state index is 13.0. The number of rotatable bonds is 4. The van der Waals surface area contributed by atoms with Crippen molar-refractivity contribution in [3.63, 3.8) is 0 Å². The highest BCUT2D eigenvalue weighted by Crippen LogP contribution is 2.10. The maximum atomic E-state index is 13.0. The van der Waals surface area contributed by atoms with Gasteiger partial charge in [0, 0.05) is 39.3 Å². The van der Waals surface area contributed by atoms with E-state index in [0.29, 0.717) is 0 Å². The molecule has 0 saturated carbocycles.